The van der Waals surface area contributed by atoms with Gasteiger partial charge in [0.05, 0.1) is 23.4 Å². The van der Waals surface area contributed by atoms with Crippen molar-refractivity contribution < 1.29 is 17.9 Å². The topological polar surface area (TPSA) is 47.9 Å². The van der Waals surface area contributed by atoms with Gasteiger partial charge in [0.25, 0.3) is 0 Å². The molecule has 0 bridgehead atoms. The van der Waals surface area contributed by atoms with Crippen molar-refractivity contribution in [2.45, 2.75) is 13.1 Å². The molecule has 0 amide bonds. The van der Waals surface area contributed by atoms with Crippen molar-refractivity contribution in [2.75, 3.05) is 7.11 Å². The second-order valence-corrected chi connectivity index (χ2v) is 5.40. The van der Waals surface area contributed by atoms with Gasteiger partial charge in [0.1, 0.15) is 5.69 Å². The van der Waals surface area contributed by atoms with Crippen LogP contribution >= 0.6 is 11.6 Å². The predicted molar refractivity (Wildman–Crippen MR) is 84.1 cm³/mol. The molecule has 3 rings (SSSR count). The van der Waals surface area contributed by atoms with Crippen molar-refractivity contribution in [3.05, 3.63) is 46.6 Å². The van der Waals surface area contributed by atoms with E-state index in [1.807, 2.05) is 0 Å². The van der Waals surface area contributed by atoms with E-state index in [0.717, 1.165) is 6.07 Å². The highest BCUT2D eigenvalue weighted by atomic mass is 35.5. The van der Waals surface area contributed by atoms with Gasteiger partial charge < -0.3 is 4.74 Å². The molecule has 0 N–H and O–H groups in total. The number of methoxy groups -OCH3 is 1. The lowest BCUT2D eigenvalue weighted by Gasteiger charge is -2.12. The average molecular weight is 354 g/mol. The molecule has 8 heteroatoms. The number of rotatable bonds is 2. The summed E-state index contributed by atoms with van der Waals surface area (Å²) in [5, 5.41) is 0.927. The first-order valence-electron chi connectivity index (χ1n) is 6.86. The predicted octanol–water partition coefficient (Wildman–Crippen LogP) is 4.68. The van der Waals surface area contributed by atoms with Gasteiger partial charge in [0, 0.05) is 17.1 Å². The first-order valence-corrected chi connectivity index (χ1v) is 7.24. The molecule has 0 aliphatic carbocycles. The van der Waals surface area contributed by atoms with E-state index in [1.54, 1.807) is 13.0 Å². The normalized spacial score (nSPS) is 11.8. The zero-order valence-corrected chi connectivity index (χ0v) is 13.4. The second kappa shape index (κ2) is 5.90. The van der Waals surface area contributed by atoms with Crippen LogP contribution in [0.3, 0.4) is 0 Å². The Kier molecular flexibility index (Phi) is 4.04. The molecule has 3 heterocycles. The lowest BCUT2D eigenvalue weighted by Crippen LogP contribution is -2.08. The van der Waals surface area contributed by atoms with Gasteiger partial charge in [-0.15, -0.1) is 0 Å². The molecule has 4 nitrogen and oxygen atoms in total. The number of hydrogen-bond acceptors (Lipinski definition) is 4. The van der Waals surface area contributed by atoms with E-state index in [4.69, 9.17) is 16.3 Å². The van der Waals surface area contributed by atoms with Gasteiger partial charge in [0.2, 0.25) is 5.88 Å². The van der Waals surface area contributed by atoms with Crippen LogP contribution in [-0.2, 0) is 6.18 Å². The lowest BCUT2D eigenvalue weighted by atomic mass is 10.1. The molecule has 0 fully saturated rings. The number of pyridine rings is 3. The highest BCUT2D eigenvalue weighted by Crippen LogP contribution is 2.36. The van der Waals surface area contributed by atoms with Crippen molar-refractivity contribution >= 4 is 22.6 Å². The van der Waals surface area contributed by atoms with Crippen molar-refractivity contribution in [1.82, 2.24) is 15.0 Å². The summed E-state index contributed by atoms with van der Waals surface area (Å²) in [6.07, 6.45) is -3.25. The fourth-order valence-corrected chi connectivity index (χ4v) is 2.58. The van der Waals surface area contributed by atoms with Crippen LogP contribution in [-0.4, -0.2) is 22.1 Å². The van der Waals surface area contributed by atoms with Gasteiger partial charge in [-0.2, -0.15) is 18.2 Å². The van der Waals surface area contributed by atoms with Crippen LogP contribution in [0.1, 0.15) is 11.1 Å². The number of nitrogens with zero attached hydrogens (tertiary/aromatic N) is 3. The zero-order chi connectivity index (χ0) is 17.5. The Balaban J connectivity index is 2.25. The molecule has 0 aromatic carbocycles. The van der Waals surface area contributed by atoms with Crippen molar-refractivity contribution in [2.24, 2.45) is 0 Å². The van der Waals surface area contributed by atoms with Crippen LogP contribution in [0.25, 0.3) is 22.4 Å². The lowest BCUT2D eigenvalue weighted by molar-refractivity contribution is -0.137. The minimum absolute atomic E-state index is 0.0601. The maximum absolute atomic E-state index is 13.2. The van der Waals surface area contributed by atoms with E-state index in [-0.39, 0.29) is 22.9 Å². The van der Waals surface area contributed by atoms with Crippen LogP contribution in [0.4, 0.5) is 13.2 Å². The number of fused-ring (bicyclic) bond motifs is 1. The molecule has 24 heavy (non-hydrogen) atoms. The monoisotopic (exact) mass is 353 g/mol. The third-order valence-electron chi connectivity index (χ3n) is 3.52. The Bertz CT molecular complexity index is 928. The van der Waals surface area contributed by atoms with Gasteiger partial charge in [-0.05, 0) is 31.2 Å². The Labute approximate surface area is 140 Å². The third kappa shape index (κ3) is 2.75. The Morgan fingerprint density at radius 2 is 1.88 bits per heavy atom. The molecule has 0 aliphatic heterocycles. The summed E-state index contributed by atoms with van der Waals surface area (Å²) in [6, 6.07) is 5.22. The Morgan fingerprint density at radius 1 is 1.12 bits per heavy atom. The van der Waals surface area contributed by atoms with Crippen molar-refractivity contribution in [3.63, 3.8) is 0 Å². The van der Waals surface area contributed by atoms with Gasteiger partial charge in [0.15, 0.2) is 5.65 Å². The van der Waals surface area contributed by atoms with E-state index < -0.39 is 11.7 Å². The second-order valence-electron chi connectivity index (χ2n) is 5.03. The average Bonchev–Trinajstić information content (AvgIpc) is 2.57. The number of halogens is 4. The number of aromatic nitrogens is 3. The first-order chi connectivity index (χ1) is 11.3. The van der Waals surface area contributed by atoms with Gasteiger partial charge in [-0.1, -0.05) is 11.6 Å². The van der Waals surface area contributed by atoms with Crippen molar-refractivity contribution in [1.29, 1.82) is 0 Å². The fourth-order valence-electron chi connectivity index (χ4n) is 2.35. The largest absolute Gasteiger partial charge is 0.481 e. The van der Waals surface area contributed by atoms with E-state index >= 15 is 0 Å². The minimum atomic E-state index is -4.53. The number of hydrogen-bond donors (Lipinski definition) is 0. The minimum Gasteiger partial charge on any atom is -0.481 e. The summed E-state index contributed by atoms with van der Waals surface area (Å²) in [4.78, 5) is 12.2. The van der Waals surface area contributed by atoms with Gasteiger partial charge >= 0.3 is 6.18 Å². The van der Waals surface area contributed by atoms with E-state index in [2.05, 4.69) is 15.0 Å². The molecule has 0 radical (unpaired) electrons. The summed E-state index contributed by atoms with van der Waals surface area (Å²) in [5.74, 6) is 0.272. The summed E-state index contributed by atoms with van der Waals surface area (Å²) >= 11 is 6.26. The molecule has 0 spiro atoms. The maximum Gasteiger partial charge on any atom is 0.418 e. The van der Waals surface area contributed by atoms with Crippen LogP contribution in [0.5, 0.6) is 5.88 Å². The fraction of sp³-hybridized carbons (Fsp3) is 0.188. The smallest absolute Gasteiger partial charge is 0.418 e. The summed E-state index contributed by atoms with van der Waals surface area (Å²) in [7, 11) is 1.43. The standard InChI is InChI=1S/C16H11ClF3N3O/c1-8-12(17)9-5-6-11(22-14(9)23-15(8)24-2)13-10(16(18,19)20)4-3-7-21-13/h3-7H,1-2H3. The molecular weight excluding hydrogens is 343 g/mol. The number of ether oxygens (including phenoxy) is 1. The molecule has 3 aromatic heterocycles. The summed E-state index contributed by atoms with van der Waals surface area (Å²) in [6.45, 7) is 1.74. The van der Waals surface area contributed by atoms with Crippen LogP contribution in [0, 0.1) is 6.92 Å². The zero-order valence-electron chi connectivity index (χ0n) is 12.6. The molecule has 0 saturated heterocycles. The van der Waals surface area contributed by atoms with Crippen LogP contribution in [0.15, 0.2) is 30.5 Å². The summed E-state index contributed by atoms with van der Waals surface area (Å²) < 4.78 is 44.6. The highest BCUT2D eigenvalue weighted by molar-refractivity contribution is 6.36. The Hall–Kier alpha value is -2.41. The van der Waals surface area contributed by atoms with Gasteiger partial charge in [-0.3, -0.25) is 4.98 Å². The SMILES string of the molecule is COc1nc2nc(-c3ncccc3C(F)(F)F)ccc2c(Cl)c1C. The molecule has 0 aliphatic rings. The highest BCUT2D eigenvalue weighted by Gasteiger charge is 2.34. The molecular formula is C16H11ClF3N3O. The Morgan fingerprint density at radius 3 is 2.54 bits per heavy atom. The van der Waals surface area contributed by atoms with E-state index in [1.165, 1.54) is 25.4 Å². The van der Waals surface area contributed by atoms with E-state index in [9.17, 15) is 13.2 Å². The molecule has 3 aromatic rings. The molecule has 124 valence electrons. The quantitative estimate of drug-likeness (QED) is 0.671. The van der Waals surface area contributed by atoms with Gasteiger partial charge in [-0.25, -0.2) is 4.98 Å². The number of alkyl halides is 3. The molecule has 0 saturated carbocycles. The first kappa shape index (κ1) is 16.4. The third-order valence-corrected chi connectivity index (χ3v) is 4.01. The van der Waals surface area contributed by atoms with Crippen LogP contribution < -0.4 is 4.74 Å². The molecule has 0 unspecified atom stereocenters. The van der Waals surface area contributed by atoms with Crippen LogP contribution in [0.2, 0.25) is 5.02 Å². The summed E-state index contributed by atoms with van der Waals surface area (Å²) in [5.41, 5.74) is -0.231. The van der Waals surface area contributed by atoms with Crippen molar-refractivity contribution in [3.8, 4) is 17.3 Å². The maximum atomic E-state index is 13.2. The molecule has 0 atom stereocenters. The van der Waals surface area contributed by atoms with E-state index in [0.29, 0.717) is 16.0 Å².